The van der Waals surface area contributed by atoms with E-state index in [0.29, 0.717) is 11.3 Å². The fourth-order valence-electron chi connectivity index (χ4n) is 2.61. The van der Waals surface area contributed by atoms with Crippen LogP contribution in [0.3, 0.4) is 0 Å². The molecule has 0 amide bonds. The molecular weight excluding hydrogens is 228 g/mol. The Morgan fingerprint density at radius 1 is 1.41 bits per heavy atom. The molecule has 1 saturated carbocycles. The van der Waals surface area contributed by atoms with Crippen LogP contribution in [0.15, 0.2) is 29.4 Å². The molecule has 1 fully saturated rings. The lowest BCUT2D eigenvalue weighted by Gasteiger charge is -2.35. The van der Waals surface area contributed by atoms with Gasteiger partial charge < -0.3 is 5.32 Å². The van der Waals surface area contributed by atoms with Crippen molar-refractivity contribution in [2.75, 3.05) is 7.05 Å². The van der Waals surface area contributed by atoms with E-state index >= 15 is 0 Å². The van der Waals surface area contributed by atoms with Gasteiger partial charge in [0.25, 0.3) is 0 Å². The van der Waals surface area contributed by atoms with Crippen LogP contribution in [-0.2, 0) is 0 Å². The first-order valence-corrected chi connectivity index (χ1v) is 7.46. The summed E-state index contributed by atoms with van der Waals surface area (Å²) in [4.78, 5) is 4.43. The molecule has 1 aromatic rings. The summed E-state index contributed by atoms with van der Waals surface area (Å²) in [6, 6.07) is 6.82. The Balaban J connectivity index is 2.00. The average Bonchev–Trinajstić information content (AvgIpc) is 2.40. The Kier molecular flexibility index (Phi) is 4.86. The summed E-state index contributed by atoms with van der Waals surface area (Å²) < 4.78 is 0. The highest BCUT2D eigenvalue weighted by Gasteiger charge is 2.29. The number of hydrogen-bond donors (Lipinski definition) is 1. The van der Waals surface area contributed by atoms with Crippen molar-refractivity contribution in [2.45, 2.75) is 48.9 Å². The van der Waals surface area contributed by atoms with E-state index in [4.69, 9.17) is 0 Å². The highest BCUT2D eigenvalue weighted by Crippen LogP contribution is 2.36. The molecule has 1 aliphatic carbocycles. The van der Waals surface area contributed by atoms with E-state index in [1.54, 1.807) is 0 Å². The van der Waals surface area contributed by atoms with E-state index in [9.17, 15) is 0 Å². The van der Waals surface area contributed by atoms with Crippen molar-refractivity contribution in [1.29, 1.82) is 0 Å². The van der Waals surface area contributed by atoms with Crippen LogP contribution in [0.4, 0.5) is 0 Å². The number of pyridine rings is 1. The molecule has 0 aliphatic heterocycles. The van der Waals surface area contributed by atoms with Crippen molar-refractivity contribution in [3.63, 3.8) is 0 Å². The van der Waals surface area contributed by atoms with Crippen molar-refractivity contribution >= 4 is 11.8 Å². The second kappa shape index (κ2) is 6.41. The van der Waals surface area contributed by atoms with Gasteiger partial charge >= 0.3 is 0 Å². The Morgan fingerprint density at radius 3 is 2.94 bits per heavy atom. The van der Waals surface area contributed by atoms with Crippen LogP contribution in [-0.4, -0.2) is 23.3 Å². The SMILES string of the molecule is CCC1CCC(NC)C(Sc2ccccn2)C1. The summed E-state index contributed by atoms with van der Waals surface area (Å²) in [5.41, 5.74) is 0. The second-order valence-electron chi connectivity index (χ2n) is 4.81. The van der Waals surface area contributed by atoms with E-state index in [2.05, 4.69) is 36.4 Å². The van der Waals surface area contributed by atoms with E-state index in [1.165, 1.54) is 25.7 Å². The lowest BCUT2D eigenvalue weighted by molar-refractivity contribution is 0.304. The van der Waals surface area contributed by atoms with Gasteiger partial charge in [-0.05, 0) is 44.4 Å². The van der Waals surface area contributed by atoms with Gasteiger partial charge in [-0.15, -0.1) is 11.8 Å². The minimum Gasteiger partial charge on any atom is -0.316 e. The van der Waals surface area contributed by atoms with Crippen LogP contribution in [0.25, 0.3) is 0 Å². The van der Waals surface area contributed by atoms with Gasteiger partial charge in [0.1, 0.15) is 0 Å². The number of nitrogens with one attached hydrogen (secondary N) is 1. The third kappa shape index (κ3) is 3.46. The lowest BCUT2D eigenvalue weighted by atomic mass is 9.84. The van der Waals surface area contributed by atoms with Crippen LogP contribution >= 0.6 is 11.8 Å². The molecule has 3 atom stereocenters. The van der Waals surface area contributed by atoms with E-state index in [0.717, 1.165) is 10.9 Å². The molecule has 1 aromatic heterocycles. The fraction of sp³-hybridized carbons (Fsp3) is 0.643. The zero-order valence-corrected chi connectivity index (χ0v) is 11.5. The van der Waals surface area contributed by atoms with E-state index in [-0.39, 0.29) is 0 Å². The quantitative estimate of drug-likeness (QED) is 0.887. The number of aromatic nitrogens is 1. The number of rotatable bonds is 4. The Hall–Kier alpha value is -0.540. The Morgan fingerprint density at radius 2 is 2.29 bits per heavy atom. The second-order valence-corrected chi connectivity index (χ2v) is 6.07. The molecule has 1 heterocycles. The molecule has 0 aromatic carbocycles. The van der Waals surface area contributed by atoms with E-state index in [1.807, 2.05) is 24.0 Å². The van der Waals surface area contributed by atoms with Crippen LogP contribution in [0.5, 0.6) is 0 Å². The zero-order chi connectivity index (χ0) is 12.1. The van der Waals surface area contributed by atoms with Gasteiger partial charge in [0, 0.05) is 17.5 Å². The molecule has 3 heteroatoms. The smallest absolute Gasteiger partial charge is 0.0963 e. The van der Waals surface area contributed by atoms with Crippen LogP contribution in [0.1, 0.15) is 32.6 Å². The van der Waals surface area contributed by atoms with Gasteiger partial charge in [0.15, 0.2) is 0 Å². The number of thioether (sulfide) groups is 1. The first kappa shape index (κ1) is 12.9. The molecule has 0 radical (unpaired) electrons. The highest BCUT2D eigenvalue weighted by molar-refractivity contribution is 7.99. The minimum atomic E-state index is 0.643. The van der Waals surface area contributed by atoms with E-state index < -0.39 is 0 Å². The van der Waals surface area contributed by atoms with Gasteiger partial charge in [0.2, 0.25) is 0 Å². The first-order valence-electron chi connectivity index (χ1n) is 6.58. The average molecular weight is 250 g/mol. The minimum absolute atomic E-state index is 0.643. The van der Waals surface area contributed by atoms with Crippen molar-refractivity contribution in [2.24, 2.45) is 5.92 Å². The van der Waals surface area contributed by atoms with Gasteiger partial charge in [0.05, 0.1) is 5.03 Å². The van der Waals surface area contributed by atoms with Crippen LogP contribution in [0.2, 0.25) is 0 Å². The maximum absolute atomic E-state index is 4.43. The molecule has 0 bridgehead atoms. The van der Waals surface area contributed by atoms with Gasteiger partial charge in [-0.3, -0.25) is 0 Å². The predicted molar refractivity (Wildman–Crippen MR) is 74.4 cm³/mol. The standard InChI is InChI=1S/C14H22N2S/c1-3-11-7-8-12(15-2)13(10-11)17-14-6-4-5-9-16-14/h4-6,9,11-13,15H,3,7-8,10H2,1-2H3. The molecular formula is C14H22N2S. The van der Waals surface area contributed by atoms with Gasteiger partial charge in [-0.1, -0.05) is 19.4 Å². The summed E-state index contributed by atoms with van der Waals surface area (Å²) in [7, 11) is 2.09. The summed E-state index contributed by atoms with van der Waals surface area (Å²) in [6.07, 6.45) is 7.20. The summed E-state index contributed by atoms with van der Waals surface area (Å²) in [5, 5.41) is 5.31. The topological polar surface area (TPSA) is 24.9 Å². The molecule has 1 N–H and O–H groups in total. The van der Waals surface area contributed by atoms with Crippen LogP contribution < -0.4 is 5.32 Å². The monoisotopic (exact) mass is 250 g/mol. The molecule has 94 valence electrons. The zero-order valence-electron chi connectivity index (χ0n) is 10.7. The predicted octanol–water partition coefficient (Wildman–Crippen LogP) is 3.34. The van der Waals surface area contributed by atoms with Crippen molar-refractivity contribution in [1.82, 2.24) is 10.3 Å². The maximum Gasteiger partial charge on any atom is 0.0963 e. The Labute approximate surface area is 109 Å². The van der Waals surface area contributed by atoms with Crippen molar-refractivity contribution in [3.05, 3.63) is 24.4 Å². The third-order valence-electron chi connectivity index (χ3n) is 3.76. The fourth-order valence-corrected chi connectivity index (χ4v) is 4.01. The molecule has 1 aliphatic rings. The lowest BCUT2D eigenvalue weighted by Crippen LogP contribution is -2.40. The van der Waals surface area contributed by atoms with Crippen molar-refractivity contribution < 1.29 is 0 Å². The molecule has 0 spiro atoms. The van der Waals surface area contributed by atoms with Gasteiger partial charge in [-0.25, -0.2) is 4.98 Å². The molecule has 17 heavy (non-hydrogen) atoms. The molecule has 2 rings (SSSR count). The molecule has 3 unspecified atom stereocenters. The molecule has 2 nitrogen and oxygen atoms in total. The largest absolute Gasteiger partial charge is 0.316 e. The first-order chi connectivity index (χ1) is 8.33. The molecule has 0 saturated heterocycles. The van der Waals surface area contributed by atoms with Crippen LogP contribution in [0, 0.1) is 5.92 Å². The highest BCUT2D eigenvalue weighted by atomic mass is 32.2. The Bertz CT molecular complexity index is 328. The third-order valence-corrected chi connectivity index (χ3v) is 5.07. The number of hydrogen-bond acceptors (Lipinski definition) is 3. The normalized spacial score (nSPS) is 29.2. The van der Waals surface area contributed by atoms with Crippen molar-refractivity contribution in [3.8, 4) is 0 Å². The maximum atomic E-state index is 4.43. The summed E-state index contributed by atoms with van der Waals surface area (Å²) in [6.45, 7) is 2.31. The summed E-state index contributed by atoms with van der Waals surface area (Å²) in [5.74, 6) is 0.904. The van der Waals surface area contributed by atoms with Gasteiger partial charge in [-0.2, -0.15) is 0 Å². The summed E-state index contributed by atoms with van der Waals surface area (Å²) >= 11 is 1.94. The number of nitrogens with zero attached hydrogens (tertiary/aromatic N) is 1.